The van der Waals surface area contributed by atoms with Gasteiger partial charge in [0.2, 0.25) is 0 Å². The van der Waals surface area contributed by atoms with E-state index in [9.17, 15) is 65.9 Å². The van der Waals surface area contributed by atoms with Gasteiger partial charge in [0.05, 0.1) is 0 Å². The number of hydrogen-bond acceptors (Lipinski definition) is 0. The van der Waals surface area contributed by atoms with Gasteiger partial charge < -0.3 is 0 Å². The molecule has 3 rings (SSSR count). The van der Waals surface area contributed by atoms with Gasteiger partial charge in [0, 0.05) is 0 Å². The van der Waals surface area contributed by atoms with Crippen LogP contribution in [0.25, 0.3) is 0 Å². The van der Waals surface area contributed by atoms with Gasteiger partial charge in [-0.2, -0.15) is 52.7 Å². The quantitative estimate of drug-likeness (QED) is 0.116. The standard InChI is InChI=1S/C18H6BBr3F18/c20-10(26)4-1-7(23,13(29,30)16(10,35)36)19(8(24)2-5-11(21,27)17(37,38)14(8,31)32)9(25)3-6-12(22,28)18(39,40)15(9,33)34/h1-6H. The van der Waals surface area contributed by atoms with E-state index < -0.39 is 109 Å². The van der Waals surface area contributed by atoms with Crippen LogP contribution in [0.1, 0.15) is 0 Å². The van der Waals surface area contributed by atoms with E-state index in [1.54, 1.807) is 0 Å². The molecule has 40 heavy (non-hydrogen) atoms. The van der Waals surface area contributed by atoms with Gasteiger partial charge in [0.15, 0.2) is 16.7 Å². The van der Waals surface area contributed by atoms with E-state index in [0.717, 1.165) is 0 Å². The summed E-state index contributed by atoms with van der Waals surface area (Å²) >= 11 is 3.92. The Morgan fingerprint density at radius 2 is 0.475 bits per heavy atom. The smallest absolute Gasteiger partial charge is 0.242 e. The lowest BCUT2D eigenvalue weighted by Crippen LogP contribution is -2.86. The Morgan fingerprint density at radius 3 is 0.650 bits per heavy atom. The summed E-state index contributed by atoms with van der Waals surface area (Å²) < 4.78 is 252. The second-order valence-electron chi connectivity index (χ2n) is 9.05. The first-order chi connectivity index (χ1) is 17.2. The van der Waals surface area contributed by atoms with Gasteiger partial charge in [0.1, 0.15) is 0 Å². The number of hydrogen-bond donors (Lipinski definition) is 0. The van der Waals surface area contributed by atoms with Crippen LogP contribution in [0.5, 0.6) is 0 Å². The summed E-state index contributed by atoms with van der Waals surface area (Å²) in [6.45, 7) is -5.89. The summed E-state index contributed by atoms with van der Waals surface area (Å²) in [5, 5.41) is 0. The van der Waals surface area contributed by atoms with Crippen molar-refractivity contribution in [1.82, 2.24) is 0 Å². The van der Waals surface area contributed by atoms with E-state index in [1.807, 2.05) is 0 Å². The Balaban J connectivity index is 2.60. The van der Waals surface area contributed by atoms with E-state index in [0.29, 0.717) is 0 Å². The van der Waals surface area contributed by atoms with Crippen molar-refractivity contribution < 1.29 is 79.0 Å². The molecule has 0 nitrogen and oxygen atoms in total. The van der Waals surface area contributed by atoms with Crippen molar-refractivity contribution in [3.8, 4) is 0 Å². The van der Waals surface area contributed by atoms with Gasteiger partial charge in [0.25, 0.3) is 13.7 Å². The maximum Gasteiger partial charge on any atom is 0.359 e. The van der Waals surface area contributed by atoms with E-state index in [1.165, 1.54) is 47.8 Å². The van der Waals surface area contributed by atoms with Crippen LogP contribution in [0.2, 0.25) is 0 Å². The molecule has 6 atom stereocenters. The molecule has 0 saturated heterocycles. The van der Waals surface area contributed by atoms with Crippen LogP contribution >= 0.6 is 47.8 Å². The number of halogens is 21. The Kier molecular flexibility index (Phi) is 7.08. The van der Waals surface area contributed by atoms with Crippen LogP contribution in [0.15, 0.2) is 36.5 Å². The summed E-state index contributed by atoms with van der Waals surface area (Å²) in [4.78, 5) is 0. The molecule has 0 spiro atoms. The van der Waals surface area contributed by atoms with Crippen molar-refractivity contribution in [2.75, 3.05) is 0 Å². The average Bonchev–Trinajstić information content (AvgIpc) is 2.77. The lowest BCUT2D eigenvalue weighted by atomic mass is 9.19. The predicted molar refractivity (Wildman–Crippen MR) is 113 cm³/mol. The minimum Gasteiger partial charge on any atom is -0.242 e. The number of rotatable bonds is 3. The Hall–Kier alpha value is -0.535. The molecule has 0 N–H and O–H groups in total. The maximum atomic E-state index is 16.1. The molecule has 3 aliphatic carbocycles. The zero-order valence-electron chi connectivity index (χ0n) is 18.0. The third-order valence-corrected chi connectivity index (χ3v) is 9.04. The van der Waals surface area contributed by atoms with Crippen LogP contribution in [0.4, 0.5) is 79.0 Å². The highest BCUT2D eigenvalue weighted by molar-refractivity contribution is 9.10. The van der Waals surface area contributed by atoms with Crippen LogP contribution in [-0.4, -0.2) is 72.7 Å². The first-order valence-corrected chi connectivity index (χ1v) is 12.2. The van der Waals surface area contributed by atoms with Gasteiger partial charge in [-0.05, 0) is 84.2 Å². The summed E-state index contributed by atoms with van der Waals surface area (Å²) in [5.41, 5.74) is -19.7. The molecule has 0 amide bonds. The lowest BCUT2D eigenvalue weighted by molar-refractivity contribution is -0.294. The zero-order valence-corrected chi connectivity index (χ0v) is 22.7. The van der Waals surface area contributed by atoms with E-state index in [2.05, 4.69) is 0 Å². The third-order valence-electron chi connectivity index (χ3n) is 6.75. The van der Waals surface area contributed by atoms with Crippen molar-refractivity contribution >= 4 is 54.5 Å². The van der Waals surface area contributed by atoms with Gasteiger partial charge in [-0.25, -0.2) is 26.3 Å². The minimum atomic E-state index is -7.23. The van der Waals surface area contributed by atoms with Gasteiger partial charge in [-0.1, -0.05) is 0 Å². The molecule has 0 heterocycles. The second kappa shape index (κ2) is 8.34. The van der Waals surface area contributed by atoms with Crippen LogP contribution in [0, 0.1) is 0 Å². The van der Waals surface area contributed by atoms with Gasteiger partial charge >= 0.3 is 42.2 Å². The van der Waals surface area contributed by atoms with Crippen LogP contribution in [0.3, 0.4) is 0 Å². The summed E-state index contributed by atoms with van der Waals surface area (Å²) in [6, 6.07) is 0. The molecule has 0 aromatic heterocycles. The molecule has 0 radical (unpaired) electrons. The fraction of sp³-hybridized carbons (Fsp3) is 0.667. The monoisotopic (exact) mass is 812 g/mol. The average molecular weight is 815 g/mol. The predicted octanol–water partition coefficient (Wildman–Crippen LogP) is 8.93. The molecule has 3 aliphatic rings. The first-order valence-electron chi connectivity index (χ1n) is 9.82. The largest absolute Gasteiger partial charge is 0.359 e. The minimum absolute atomic E-state index is 1.12. The molecule has 0 bridgehead atoms. The Morgan fingerprint density at radius 1 is 0.300 bits per heavy atom. The van der Waals surface area contributed by atoms with Crippen molar-refractivity contribution in [1.29, 1.82) is 0 Å². The van der Waals surface area contributed by atoms with Crippen LogP contribution in [-0.2, 0) is 0 Å². The number of alkyl halides is 21. The van der Waals surface area contributed by atoms with Gasteiger partial charge in [-0.15, -0.1) is 0 Å². The highest BCUT2D eigenvalue weighted by Gasteiger charge is 2.95. The molecule has 22 heteroatoms. The lowest BCUT2D eigenvalue weighted by Gasteiger charge is -2.56. The Bertz CT molecular complexity index is 1040. The Labute approximate surface area is 235 Å². The molecular formula is C18H6BBr3F18. The molecule has 0 aliphatic heterocycles. The molecule has 0 fully saturated rings. The van der Waals surface area contributed by atoms with Crippen molar-refractivity contribution in [3.63, 3.8) is 0 Å². The molecular weight excluding hydrogens is 809 g/mol. The molecule has 6 unspecified atom stereocenters. The highest BCUT2D eigenvalue weighted by Crippen LogP contribution is 2.69. The SMILES string of the molecule is FC1(Br)C=CC(F)(B(C2(F)C=CC(F)(Br)C(F)(F)C2(F)F)C2(F)C=CC(F)(Br)C(F)(F)C2(F)F)C(F)(F)C1(F)F. The highest BCUT2D eigenvalue weighted by atomic mass is 79.9. The normalized spacial score (nSPS) is 47.6. The summed E-state index contributed by atoms with van der Waals surface area (Å²) in [6.07, 6.45) is -7.76. The summed E-state index contributed by atoms with van der Waals surface area (Å²) in [7, 11) is 0. The molecule has 0 aromatic rings. The van der Waals surface area contributed by atoms with Gasteiger partial charge in [-0.3, -0.25) is 0 Å². The topological polar surface area (TPSA) is 0 Å². The van der Waals surface area contributed by atoms with E-state index in [-0.39, 0.29) is 0 Å². The fourth-order valence-corrected chi connectivity index (χ4v) is 5.55. The fourth-order valence-electron chi connectivity index (χ4n) is 4.41. The van der Waals surface area contributed by atoms with Crippen molar-refractivity contribution in [2.45, 2.75) is 66.0 Å². The molecule has 0 aromatic carbocycles. The third kappa shape index (κ3) is 3.49. The zero-order chi connectivity index (χ0) is 31.8. The first kappa shape index (κ1) is 34.0. The maximum absolute atomic E-state index is 16.1. The number of allylic oxidation sites excluding steroid dienone is 6. The van der Waals surface area contributed by atoms with E-state index >= 15 is 13.2 Å². The van der Waals surface area contributed by atoms with Crippen molar-refractivity contribution in [2.24, 2.45) is 0 Å². The van der Waals surface area contributed by atoms with Crippen molar-refractivity contribution in [3.05, 3.63) is 36.5 Å². The molecule has 0 saturated carbocycles. The summed E-state index contributed by atoms with van der Waals surface area (Å²) in [5.74, 6) is -41.9. The van der Waals surface area contributed by atoms with Crippen LogP contribution < -0.4 is 0 Å². The van der Waals surface area contributed by atoms with E-state index in [4.69, 9.17) is 0 Å². The molecule has 228 valence electrons. The second-order valence-corrected chi connectivity index (χ2v) is 12.5.